The second kappa shape index (κ2) is 9.03. The first kappa shape index (κ1) is 18.7. The second-order valence-corrected chi connectivity index (χ2v) is 7.03. The van der Waals surface area contributed by atoms with E-state index in [0.29, 0.717) is 0 Å². The highest BCUT2D eigenvalue weighted by Crippen LogP contribution is 2.34. The first-order valence-corrected chi connectivity index (χ1v) is 9.87. The van der Waals surface area contributed by atoms with Gasteiger partial charge in [-0.25, -0.2) is 0 Å². The van der Waals surface area contributed by atoms with E-state index in [1.54, 1.807) is 0 Å². The molecule has 4 aromatic carbocycles. The van der Waals surface area contributed by atoms with Crippen LogP contribution >= 0.6 is 0 Å². The molecule has 0 unspecified atom stereocenters. The maximum atomic E-state index is 10.8. The molecule has 0 aromatic heterocycles. The van der Waals surface area contributed by atoms with Crippen LogP contribution < -0.4 is 4.90 Å². The monoisotopic (exact) mass is 377 g/mol. The minimum absolute atomic E-state index is 0.722. The van der Waals surface area contributed by atoms with Crippen molar-refractivity contribution in [2.75, 3.05) is 4.90 Å². The van der Waals surface area contributed by atoms with Gasteiger partial charge in [-0.1, -0.05) is 72.8 Å². The number of benzene rings is 4. The van der Waals surface area contributed by atoms with Crippen molar-refractivity contribution in [2.45, 2.75) is 12.8 Å². The number of aldehydes is 1. The Morgan fingerprint density at radius 3 is 1.38 bits per heavy atom. The number of aryl methyl sites for hydroxylation is 2. The summed E-state index contributed by atoms with van der Waals surface area (Å²) in [6.45, 7) is 0. The molecule has 0 saturated carbocycles. The highest BCUT2D eigenvalue weighted by atomic mass is 16.1. The second-order valence-electron chi connectivity index (χ2n) is 7.03. The van der Waals surface area contributed by atoms with E-state index >= 15 is 0 Å². The summed E-state index contributed by atoms with van der Waals surface area (Å²) in [4.78, 5) is 13.1. The van der Waals surface area contributed by atoms with Crippen molar-refractivity contribution in [1.29, 1.82) is 0 Å². The van der Waals surface area contributed by atoms with Gasteiger partial charge < -0.3 is 4.90 Å². The Kier molecular flexibility index (Phi) is 5.82. The van der Waals surface area contributed by atoms with Gasteiger partial charge in [0.05, 0.1) is 0 Å². The van der Waals surface area contributed by atoms with Gasteiger partial charge in [0, 0.05) is 22.6 Å². The molecule has 0 atom stereocenters. The number of rotatable bonds is 7. The van der Waals surface area contributed by atoms with Crippen LogP contribution in [0.25, 0.3) is 0 Å². The fourth-order valence-corrected chi connectivity index (χ4v) is 3.46. The largest absolute Gasteiger partial charge is 0.311 e. The molecule has 0 spiro atoms. The van der Waals surface area contributed by atoms with E-state index in [0.717, 1.165) is 41.8 Å². The summed E-state index contributed by atoms with van der Waals surface area (Å²) in [7, 11) is 0. The number of hydrogen-bond acceptors (Lipinski definition) is 2. The quantitative estimate of drug-likeness (QED) is 0.332. The molecule has 0 N–H and O–H groups in total. The molecule has 0 aliphatic heterocycles. The van der Waals surface area contributed by atoms with Gasteiger partial charge in [0.15, 0.2) is 0 Å². The third kappa shape index (κ3) is 4.61. The van der Waals surface area contributed by atoms with E-state index in [4.69, 9.17) is 0 Å². The number of hydrogen-bond donors (Lipinski definition) is 0. The van der Waals surface area contributed by atoms with Crippen LogP contribution in [0.5, 0.6) is 0 Å². The van der Waals surface area contributed by atoms with Crippen LogP contribution in [-0.2, 0) is 12.8 Å². The Morgan fingerprint density at radius 2 is 0.931 bits per heavy atom. The van der Waals surface area contributed by atoms with E-state index in [1.165, 1.54) is 11.1 Å². The Labute approximate surface area is 172 Å². The van der Waals surface area contributed by atoms with Crippen molar-refractivity contribution in [1.82, 2.24) is 0 Å². The summed E-state index contributed by atoms with van der Waals surface area (Å²) >= 11 is 0. The van der Waals surface area contributed by atoms with E-state index < -0.39 is 0 Å². The number of nitrogens with zero attached hydrogens (tertiary/aromatic N) is 1. The van der Waals surface area contributed by atoms with Crippen LogP contribution in [-0.4, -0.2) is 6.29 Å². The molecule has 0 aliphatic rings. The average molecular weight is 377 g/mol. The molecule has 0 bridgehead atoms. The molecule has 29 heavy (non-hydrogen) atoms. The summed E-state index contributed by atoms with van der Waals surface area (Å²) in [5, 5.41) is 0. The molecule has 4 aromatic rings. The number of anilines is 3. The van der Waals surface area contributed by atoms with Crippen molar-refractivity contribution in [3.8, 4) is 0 Å². The first-order chi connectivity index (χ1) is 14.3. The van der Waals surface area contributed by atoms with Gasteiger partial charge in [0.1, 0.15) is 6.29 Å². The van der Waals surface area contributed by atoms with E-state index in [2.05, 4.69) is 77.7 Å². The predicted octanol–water partition coefficient (Wildman–Crippen LogP) is 6.75. The zero-order valence-electron chi connectivity index (χ0n) is 16.2. The van der Waals surface area contributed by atoms with Crippen molar-refractivity contribution in [2.24, 2.45) is 0 Å². The maximum Gasteiger partial charge on any atom is 0.150 e. The molecule has 0 heterocycles. The molecule has 0 radical (unpaired) electrons. The number of carbonyl (C=O) groups is 1. The Balaban J connectivity index is 1.53. The molecular weight excluding hydrogens is 354 g/mol. The minimum Gasteiger partial charge on any atom is -0.311 e. The standard InChI is InChI=1S/C27H23NO/c29-21-24-15-13-22(14-16-24)11-12-23-17-19-27(20-18-23)28(25-7-3-1-4-8-25)26-9-5-2-6-10-26/h1-10,13-21H,11-12H2. The highest BCUT2D eigenvalue weighted by Gasteiger charge is 2.11. The fourth-order valence-electron chi connectivity index (χ4n) is 3.46. The predicted molar refractivity (Wildman–Crippen MR) is 120 cm³/mol. The van der Waals surface area contributed by atoms with Crippen LogP contribution in [0.3, 0.4) is 0 Å². The molecule has 4 rings (SSSR count). The van der Waals surface area contributed by atoms with Crippen LogP contribution in [0.15, 0.2) is 109 Å². The van der Waals surface area contributed by atoms with Gasteiger partial charge in [-0.05, 0) is 60.4 Å². The van der Waals surface area contributed by atoms with Crippen LogP contribution in [0.1, 0.15) is 21.5 Å². The minimum atomic E-state index is 0.722. The lowest BCUT2D eigenvalue weighted by Crippen LogP contribution is -2.09. The molecule has 0 fully saturated rings. The smallest absolute Gasteiger partial charge is 0.150 e. The SMILES string of the molecule is O=Cc1ccc(CCc2ccc(N(c3ccccc3)c3ccccc3)cc2)cc1. The van der Waals surface area contributed by atoms with Crippen molar-refractivity contribution in [3.05, 3.63) is 126 Å². The lowest BCUT2D eigenvalue weighted by molar-refractivity contribution is 0.112. The maximum absolute atomic E-state index is 10.8. The molecule has 0 aliphatic carbocycles. The van der Waals surface area contributed by atoms with E-state index in [-0.39, 0.29) is 0 Å². The number of para-hydroxylation sites is 2. The highest BCUT2D eigenvalue weighted by molar-refractivity contribution is 5.76. The third-order valence-electron chi connectivity index (χ3n) is 5.04. The first-order valence-electron chi connectivity index (χ1n) is 9.87. The summed E-state index contributed by atoms with van der Waals surface area (Å²) in [5.74, 6) is 0. The van der Waals surface area contributed by atoms with E-state index in [1.807, 2.05) is 36.4 Å². The zero-order chi connectivity index (χ0) is 19.9. The van der Waals surface area contributed by atoms with Crippen molar-refractivity contribution >= 4 is 23.3 Å². The Morgan fingerprint density at radius 1 is 0.517 bits per heavy atom. The van der Waals surface area contributed by atoms with Crippen molar-refractivity contribution < 1.29 is 4.79 Å². The topological polar surface area (TPSA) is 20.3 Å². The third-order valence-corrected chi connectivity index (χ3v) is 5.04. The van der Waals surface area contributed by atoms with Crippen LogP contribution in [0.2, 0.25) is 0 Å². The van der Waals surface area contributed by atoms with E-state index in [9.17, 15) is 4.79 Å². The lowest BCUT2D eigenvalue weighted by Gasteiger charge is -2.25. The zero-order valence-corrected chi connectivity index (χ0v) is 16.2. The molecule has 142 valence electrons. The van der Waals surface area contributed by atoms with Crippen molar-refractivity contribution in [3.63, 3.8) is 0 Å². The molecule has 2 heteroatoms. The summed E-state index contributed by atoms with van der Waals surface area (Å²) < 4.78 is 0. The molecular formula is C27H23NO. The molecule has 2 nitrogen and oxygen atoms in total. The summed E-state index contributed by atoms with van der Waals surface area (Å²) in [6, 6.07) is 37.4. The van der Waals surface area contributed by atoms with Gasteiger partial charge in [-0.15, -0.1) is 0 Å². The Bertz CT molecular complexity index is 1000. The average Bonchev–Trinajstić information content (AvgIpc) is 2.80. The van der Waals surface area contributed by atoms with Gasteiger partial charge in [0.25, 0.3) is 0 Å². The van der Waals surface area contributed by atoms with Gasteiger partial charge >= 0.3 is 0 Å². The Hall–Kier alpha value is -3.65. The lowest BCUT2D eigenvalue weighted by atomic mass is 10.0. The fraction of sp³-hybridized carbons (Fsp3) is 0.0741. The van der Waals surface area contributed by atoms with Gasteiger partial charge in [0.2, 0.25) is 0 Å². The van der Waals surface area contributed by atoms with Crippen LogP contribution in [0, 0.1) is 0 Å². The normalized spacial score (nSPS) is 10.5. The van der Waals surface area contributed by atoms with Gasteiger partial charge in [-0.3, -0.25) is 4.79 Å². The number of carbonyl (C=O) groups excluding carboxylic acids is 1. The molecule has 0 amide bonds. The summed E-state index contributed by atoms with van der Waals surface area (Å²) in [5.41, 5.74) is 6.69. The van der Waals surface area contributed by atoms with Crippen LogP contribution in [0.4, 0.5) is 17.1 Å². The summed E-state index contributed by atoms with van der Waals surface area (Å²) in [6.07, 6.45) is 2.81. The molecule has 0 saturated heterocycles. The van der Waals surface area contributed by atoms with Gasteiger partial charge in [-0.2, -0.15) is 0 Å².